The molecule has 0 aliphatic rings. The van der Waals surface area contributed by atoms with Crippen LogP contribution in [0.15, 0.2) is 71.8 Å². The van der Waals surface area contributed by atoms with Gasteiger partial charge in [-0.1, -0.05) is 29.8 Å². The Balaban J connectivity index is 1.67. The summed E-state index contributed by atoms with van der Waals surface area (Å²) in [6, 6.07) is 17.9. The number of carbonyl (C=O) groups excluding carboxylic acids is 3. The number of methoxy groups -OCH3 is 1. The third kappa shape index (κ3) is 6.83. The minimum absolute atomic E-state index is 0.190. The number of carbonyl (C=O) groups is 3. The normalized spacial score (nSPS) is 10.8. The summed E-state index contributed by atoms with van der Waals surface area (Å²) in [6.07, 6.45) is 0. The Morgan fingerprint density at radius 2 is 1.67 bits per heavy atom. The molecule has 0 spiro atoms. The van der Waals surface area contributed by atoms with E-state index >= 15 is 0 Å². The van der Waals surface area contributed by atoms with Crippen molar-refractivity contribution in [3.63, 3.8) is 0 Å². The molecule has 0 heterocycles. The predicted molar refractivity (Wildman–Crippen MR) is 136 cm³/mol. The van der Waals surface area contributed by atoms with Crippen LogP contribution in [0.4, 0.5) is 5.69 Å². The molecule has 2 amide bonds. The average molecular weight is 510 g/mol. The number of hydrogen-bond donors (Lipinski definition) is 2. The SMILES string of the molecule is CCOc1ccccc1NC(=O)C(=O)N/N=C(\C)c1ccc(OC(=O)c2cccc(Cl)c2)c(OC)c1. The van der Waals surface area contributed by atoms with Gasteiger partial charge in [0, 0.05) is 10.6 Å². The second-order valence-electron chi connectivity index (χ2n) is 7.29. The molecule has 0 aromatic heterocycles. The highest BCUT2D eigenvalue weighted by Gasteiger charge is 2.17. The topological polar surface area (TPSA) is 115 Å². The molecule has 186 valence electrons. The molecule has 0 atom stereocenters. The van der Waals surface area contributed by atoms with E-state index in [1.54, 1.807) is 61.5 Å². The number of para-hydroxylation sites is 2. The third-order valence-corrected chi connectivity index (χ3v) is 5.05. The van der Waals surface area contributed by atoms with E-state index in [9.17, 15) is 14.4 Å². The Hall–Kier alpha value is -4.37. The second kappa shape index (κ2) is 12.4. The summed E-state index contributed by atoms with van der Waals surface area (Å²) in [5.74, 6) is -1.55. The van der Waals surface area contributed by atoms with Crippen molar-refractivity contribution in [1.82, 2.24) is 5.43 Å². The molecule has 0 aliphatic carbocycles. The van der Waals surface area contributed by atoms with Crippen molar-refractivity contribution in [3.8, 4) is 17.2 Å². The van der Waals surface area contributed by atoms with Crippen molar-refractivity contribution in [3.05, 3.63) is 82.9 Å². The van der Waals surface area contributed by atoms with Crippen LogP contribution in [0.2, 0.25) is 5.02 Å². The minimum atomic E-state index is -0.959. The highest BCUT2D eigenvalue weighted by molar-refractivity contribution is 6.39. The standard InChI is InChI=1S/C26H24ClN3O6/c1-4-35-21-11-6-5-10-20(21)28-24(31)25(32)30-29-16(2)17-12-13-22(23(15-17)34-3)36-26(33)18-8-7-9-19(27)14-18/h5-15H,4H2,1-3H3,(H,28,31)(H,30,32)/b29-16+. The van der Waals surface area contributed by atoms with Crippen LogP contribution >= 0.6 is 11.6 Å². The van der Waals surface area contributed by atoms with Crippen LogP contribution in [-0.4, -0.2) is 37.2 Å². The number of halogens is 1. The van der Waals surface area contributed by atoms with Crippen molar-refractivity contribution in [2.75, 3.05) is 19.0 Å². The molecule has 3 aromatic rings. The summed E-state index contributed by atoms with van der Waals surface area (Å²) in [4.78, 5) is 37.0. The number of amides is 2. The zero-order valence-electron chi connectivity index (χ0n) is 19.8. The van der Waals surface area contributed by atoms with Crippen LogP contribution in [-0.2, 0) is 9.59 Å². The van der Waals surface area contributed by atoms with Crippen molar-refractivity contribution < 1.29 is 28.6 Å². The average Bonchev–Trinajstić information content (AvgIpc) is 2.88. The Bertz CT molecular complexity index is 1310. The van der Waals surface area contributed by atoms with Gasteiger partial charge in [0.15, 0.2) is 11.5 Å². The van der Waals surface area contributed by atoms with E-state index in [-0.39, 0.29) is 17.1 Å². The van der Waals surface area contributed by atoms with Gasteiger partial charge in [-0.2, -0.15) is 5.10 Å². The molecular formula is C26H24ClN3O6. The first kappa shape index (κ1) is 26.2. The summed E-state index contributed by atoms with van der Waals surface area (Å²) in [5, 5.41) is 6.89. The second-order valence-corrected chi connectivity index (χ2v) is 7.72. The molecule has 0 radical (unpaired) electrons. The number of hydrazone groups is 1. The molecule has 36 heavy (non-hydrogen) atoms. The van der Waals surface area contributed by atoms with Gasteiger partial charge in [-0.15, -0.1) is 0 Å². The van der Waals surface area contributed by atoms with Gasteiger partial charge >= 0.3 is 17.8 Å². The Morgan fingerprint density at radius 1 is 0.889 bits per heavy atom. The molecule has 0 saturated heterocycles. The lowest BCUT2D eigenvalue weighted by molar-refractivity contribution is -0.136. The summed E-state index contributed by atoms with van der Waals surface area (Å²) >= 11 is 5.93. The van der Waals surface area contributed by atoms with Crippen molar-refractivity contribution in [1.29, 1.82) is 0 Å². The predicted octanol–water partition coefficient (Wildman–Crippen LogP) is 4.45. The molecule has 0 bridgehead atoms. The lowest BCUT2D eigenvalue weighted by atomic mass is 10.1. The van der Waals surface area contributed by atoms with Gasteiger partial charge in [0.2, 0.25) is 0 Å². The van der Waals surface area contributed by atoms with E-state index in [4.69, 9.17) is 25.8 Å². The third-order valence-electron chi connectivity index (χ3n) is 4.81. The fraction of sp³-hybridized carbons (Fsp3) is 0.154. The van der Waals surface area contributed by atoms with E-state index < -0.39 is 17.8 Å². The van der Waals surface area contributed by atoms with Gasteiger partial charge < -0.3 is 19.5 Å². The Labute approximate surface area is 213 Å². The number of nitrogens with zero attached hydrogens (tertiary/aromatic N) is 1. The molecule has 3 aromatic carbocycles. The zero-order chi connectivity index (χ0) is 26.1. The first-order valence-corrected chi connectivity index (χ1v) is 11.2. The van der Waals surface area contributed by atoms with Crippen molar-refractivity contribution in [2.24, 2.45) is 5.10 Å². The van der Waals surface area contributed by atoms with Crippen LogP contribution in [0.1, 0.15) is 29.8 Å². The van der Waals surface area contributed by atoms with Crippen LogP contribution in [0, 0.1) is 0 Å². The fourth-order valence-corrected chi connectivity index (χ4v) is 3.22. The number of esters is 1. The Morgan fingerprint density at radius 3 is 2.39 bits per heavy atom. The Kier molecular flexibility index (Phi) is 9.01. The molecule has 10 heteroatoms. The van der Waals surface area contributed by atoms with E-state index in [2.05, 4.69) is 15.8 Å². The highest BCUT2D eigenvalue weighted by atomic mass is 35.5. The number of rotatable bonds is 8. The maximum absolute atomic E-state index is 12.4. The van der Waals surface area contributed by atoms with Gasteiger partial charge in [0.1, 0.15) is 5.75 Å². The number of anilines is 1. The van der Waals surface area contributed by atoms with Crippen LogP contribution in [0.25, 0.3) is 0 Å². The molecular weight excluding hydrogens is 486 g/mol. The van der Waals surface area contributed by atoms with Gasteiger partial charge in [-0.05, 0) is 62.4 Å². The van der Waals surface area contributed by atoms with Crippen LogP contribution < -0.4 is 25.0 Å². The van der Waals surface area contributed by atoms with Crippen LogP contribution in [0.5, 0.6) is 17.2 Å². The van der Waals surface area contributed by atoms with E-state index in [0.29, 0.717) is 34.3 Å². The number of ether oxygens (including phenoxy) is 3. The molecule has 3 rings (SSSR count). The first-order chi connectivity index (χ1) is 17.3. The van der Waals surface area contributed by atoms with E-state index in [1.807, 2.05) is 6.92 Å². The minimum Gasteiger partial charge on any atom is -0.493 e. The number of hydrogen-bond acceptors (Lipinski definition) is 7. The zero-order valence-corrected chi connectivity index (χ0v) is 20.6. The molecule has 0 fully saturated rings. The highest BCUT2D eigenvalue weighted by Crippen LogP contribution is 2.29. The largest absolute Gasteiger partial charge is 0.493 e. The van der Waals surface area contributed by atoms with Gasteiger partial charge in [0.05, 0.1) is 30.7 Å². The number of benzene rings is 3. The fourth-order valence-electron chi connectivity index (χ4n) is 3.03. The van der Waals surface area contributed by atoms with Gasteiger partial charge in [0.25, 0.3) is 0 Å². The van der Waals surface area contributed by atoms with Gasteiger partial charge in [-0.25, -0.2) is 10.2 Å². The molecule has 2 N–H and O–H groups in total. The maximum Gasteiger partial charge on any atom is 0.343 e. The quantitative estimate of drug-likeness (QED) is 0.152. The van der Waals surface area contributed by atoms with Crippen molar-refractivity contribution >= 4 is 40.8 Å². The van der Waals surface area contributed by atoms with Crippen LogP contribution in [0.3, 0.4) is 0 Å². The molecule has 0 saturated carbocycles. The summed E-state index contributed by atoms with van der Waals surface area (Å²) < 4.78 is 16.2. The van der Waals surface area contributed by atoms with Gasteiger partial charge in [-0.3, -0.25) is 9.59 Å². The molecule has 0 unspecified atom stereocenters. The van der Waals surface area contributed by atoms with E-state index in [1.165, 1.54) is 19.2 Å². The lowest BCUT2D eigenvalue weighted by Gasteiger charge is -2.12. The van der Waals surface area contributed by atoms with Crippen molar-refractivity contribution in [2.45, 2.75) is 13.8 Å². The monoisotopic (exact) mass is 509 g/mol. The summed E-state index contributed by atoms with van der Waals surface area (Å²) in [7, 11) is 1.43. The number of nitrogens with one attached hydrogen (secondary N) is 2. The van der Waals surface area contributed by atoms with E-state index in [0.717, 1.165) is 0 Å². The lowest BCUT2D eigenvalue weighted by Crippen LogP contribution is -2.33. The smallest absolute Gasteiger partial charge is 0.343 e. The molecule has 0 aliphatic heterocycles. The summed E-state index contributed by atoms with van der Waals surface area (Å²) in [5.41, 5.74) is 3.83. The first-order valence-electron chi connectivity index (χ1n) is 10.9. The summed E-state index contributed by atoms with van der Waals surface area (Å²) in [6.45, 7) is 3.85. The maximum atomic E-state index is 12.4. The molecule has 9 nitrogen and oxygen atoms in total.